The second-order valence-corrected chi connectivity index (χ2v) is 8.08. The van der Waals surface area contributed by atoms with Crippen molar-refractivity contribution in [1.82, 2.24) is 10.4 Å². The number of amides is 1. The molecule has 0 saturated heterocycles. The second kappa shape index (κ2) is 11.3. The predicted molar refractivity (Wildman–Crippen MR) is 134 cm³/mol. The zero-order valence-electron chi connectivity index (χ0n) is 18.4. The van der Waals surface area contributed by atoms with Crippen molar-refractivity contribution in [3.63, 3.8) is 0 Å². The molecule has 1 amide bonds. The number of carbonyl (C=O) groups excluding carboxylic acids is 1. The number of halogens is 1. The van der Waals surface area contributed by atoms with Crippen LogP contribution in [0.4, 0.5) is 0 Å². The fraction of sp³-hybridized carbons (Fsp3) is 0.115. The van der Waals surface area contributed by atoms with Crippen LogP contribution < -0.4 is 19.6 Å². The summed E-state index contributed by atoms with van der Waals surface area (Å²) in [5, 5.41) is 4.96. The van der Waals surface area contributed by atoms with E-state index in [1.807, 2.05) is 60.7 Å². The van der Waals surface area contributed by atoms with Crippen LogP contribution in [0.2, 0.25) is 0 Å². The van der Waals surface area contributed by atoms with Gasteiger partial charge in [0.15, 0.2) is 18.1 Å². The maximum atomic E-state index is 12.2. The lowest BCUT2D eigenvalue weighted by Crippen LogP contribution is -2.24. The number of pyridine rings is 1. The maximum Gasteiger partial charge on any atom is 0.277 e. The Bertz CT molecular complexity index is 1310. The van der Waals surface area contributed by atoms with Gasteiger partial charge >= 0.3 is 0 Å². The summed E-state index contributed by atoms with van der Waals surface area (Å²) in [6.07, 6.45) is 3.20. The summed E-state index contributed by atoms with van der Waals surface area (Å²) < 4.78 is 17.8. The van der Waals surface area contributed by atoms with Gasteiger partial charge in [-0.3, -0.25) is 9.78 Å². The zero-order chi connectivity index (χ0) is 23.8. The van der Waals surface area contributed by atoms with Gasteiger partial charge in [0.1, 0.15) is 17.9 Å². The molecule has 1 N–H and O–H groups in total. The molecule has 7 nitrogen and oxygen atoms in total. The number of nitrogens with zero attached hydrogens (tertiary/aromatic N) is 2. The maximum absolute atomic E-state index is 12.2. The van der Waals surface area contributed by atoms with Gasteiger partial charge in [-0.05, 0) is 51.3 Å². The van der Waals surface area contributed by atoms with Crippen molar-refractivity contribution >= 4 is 39.0 Å². The molecule has 4 rings (SSSR count). The van der Waals surface area contributed by atoms with Crippen LogP contribution in [0, 0.1) is 0 Å². The Balaban J connectivity index is 1.35. The van der Waals surface area contributed by atoms with Gasteiger partial charge in [-0.1, -0.05) is 48.5 Å². The van der Waals surface area contributed by atoms with E-state index in [-0.39, 0.29) is 6.61 Å². The third-order valence-electron chi connectivity index (χ3n) is 4.84. The number of aromatic nitrogens is 1. The van der Waals surface area contributed by atoms with Gasteiger partial charge in [0, 0.05) is 11.6 Å². The molecule has 1 aromatic heterocycles. The molecular weight excluding hydrogens is 498 g/mol. The van der Waals surface area contributed by atoms with Crippen LogP contribution >= 0.6 is 15.9 Å². The van der Waals surface area contributed by atoms with Crippen LogP contribution in [0.15, 0.2) is 88.6 Å². The molecule has 0 fully saturated rings. The molecule has 0 aliphatic rings. The number of hydrazone groups is 1. The van der Waals surface area contributed by atoms with E-state index in [1.165, 1.54) is 6.21 Å². The molecule has 3 aromatic carbocycles. The number of benzene rings is 3. The summed E-state index contributed by atoms with van der Waals surface area (Å²) in [6, 6.07) is 22.8. The van der Waals surface area contributed by atoms with Gasteiger partial charge < -0.3 is 14.2 Å². The first-order valence-corrected chi connectivity index (χ1v) is 11.3. The summed E-state index contributed by atoms with van der Waals surface area (Å²) >= 11 is 3.52. The third-order valence-corrected chi connectivity index (χ3v) is 5.42. The topological polar surface area (TPSA) is 82.0 Å². The number of para-hydroxylation sites is 1. The van der Waals surface area contributed by atoms with E-state index in [0.717, 1.165) is 16.5 Å². The minimum atomic E-state index is -0.391. The van der Waals surface area contributed by atoms with Crippen molar-refractivity contribution in [3.05, 3.63) is 94.6 Å². The van der Waals surface area contributed by atoms with Crippen molar-refractivity contribution in [3.8, 4) is 17.2 Å². The first-order chi connectivity index (χ1) is 16.6. The molecule has 0 atom stereocenters. The summed E-state index contributed by atoms with van der Waals surface area (Å²) in [6.45, 7) is 0.220. The van der Waals surface area contributed by atoms with Crippen molar-refractivity contribution in [2.75, 3.05) is 13.7 Å². The van der Waals surface area contributed by atoms with Crippen LogP contribution in [0.1, 0.15) is 11.1 Å². The number of rotatable bonds is 9. The van der Waals surface area contributed by atoms with Gasteiger partial charge in [0.2, 0.25) is 0 Å². The number of ether oxygens (including phenoxy) is 3. The largest absolute Gasteiger partial charge is 0.493 e. The molecule has 0 spiro atoms. The van der Waals surface area contributed by atoms with Crippen LogP contribution in [0.3, 0.4) is 0 Å². The number of hydrogen-bond donors (Lipinski definition) is 1. The van der Waals surface area contributed by atoms with E-state index in [9.17, 15) is 4.79 Å². The van der Waals surface area contributed by atoms with Crippen LogP contribution in [0.5, 0.6) is 17.2 Å². The lowest BCUT2D eigenvalue weighted by molar-refractivity contribution is -0.123. The average molecular weight is 520 g/mol. The van der Waals surface area contributed by atoms with Crippen LogP contribution in [-0.2, 0) is 11.4 Å². The highest BCUT2D eigenvalue weighted by Crippen LogP contribution is 2.36. The molecule has 172 valence electrons. The predicted octanol–water partition coefficient (Wildman–Crippen LogP) is 5.11. The Kier molecular flexibility index (Phi) is 7.72. The second-order valence-electron chi connectivity index (χ2n) is 7.22. The number of hydrogen-bond acceptors (Lipinski definition) is 6. The van der Waals surface area contributed by atoms with Crippen molar-refractivity contribution in [1.29, 1.82) is 0 Å². The first-order valence-electron chi connectivity index (χ1n) is 10.5. The molecular formula is C26H22BrN3O4. The van der Waals surface area contributed by atoms with E-state index in [0.29, 0.717) is 33.8 Å². The van der Waals surface area contributed by atoms with E-state index in [1.54, 1.807) is 25.4 Å². The molecule has 0 saturated carbocycles. The summed E-state index contributed by atoms with van der Waals surface area (Å²) in [5.41, 5.74) is 4.93. The Morgan fingerprint density at radius 1 is 1.03 bits per heavy atom. The molecule has 0 radical (unpaired) electrons. The standard InChI is InChI=1S/C26H22BrN3O4/c1-32-23-14-19(13-21(27)26(23)34-16-18-7-3-2-4-8-18)15-29-30-24(31)17-33-22-11-5-9-20-10-6-12-28-25(20)22/h2-15H,16-17H2,1H3,(H,30,31)/b29-15-. The monoisotopic (exact) mass is 519 g/mol. The highest BCUT2D eigenvalue weighted by atomic mass is 79.9. The fourth-order valence-electron chi connectivity index (χ4n) is 3.23. The lowest BCUT2D eigenvalue weighted by atomic mass is 10.2. The molecule has 1 heterocycles. The van der Waals surface area contributed by atoms with Gasteiger partial charge in [-0.2, -0.15) is 5.10 Å². The molecule has 0 unspecified atom stereocenters. The number of methoxy groups -OCH3 is 1. The zero-order valence-corrected chi connectivity index (χ0v) is 20.0. The Morgan fingerprint density at radius 3 is 2.68 bits per heavy atom. The molecule has 8 heteroatoms. The fourth-order valence-corrected chi connectivity index (χ4v) is 3.81. The van der Waals surface area contributed by atoms with Gasteiger partial charge in [0.05, 0.1) is 17.8 Å². The minimum Gasteiger partial charge on any atom is -0.493 e. The normalized spacial score (nSPS) is 10.9. The Morgan fingerprint density at radius 2 is 1.85 bits per heavy atom. The molecule has 0 aliphatic heterocycles. The first kappa shape index (κ1) is 23.3. The van der Waals surface area contributed by atoms with E-state index in [2.05, 4.69) is 31.4 Å². The van der Waals surface area contributed by atoms with E-state index >= 15 is 0 Å². The molecule has 34 heavy (non-hydrogen) atoms. The molecule has 0 aliphatic carbocycles. The van der Waals surface area contributed by atoms with Crippen molar-refractivity contribution in [2.24, 2.45) is 5.10 Å². The smallest absolute Gasteiger partial charge is 0.277 e. The van der Waals surface area contributed by atoms with Crippen molar-refractivity contribution in [2.45, 2.75) is 6.61 Å². The highest BCUT2D eigenvalue weighted by Gasteiger charge is 2.12. The Labute approximate surface area is 205 Å². The molecule has 0 bridgehead atoms. The van der Waals surface area contributed by atoms with Gasteiger partial charge in [-0.25, -0.2) is 5.43 Å². The SMILES string of the molecule is COc1cc(/C=N\NC(=O)COc2cccc3cccnc23)cc(Br)c1OCc1ccccc1. The highest BCUT2D eigenvalue weighted by molar-refractivity contribution is 9.10. The van der Waals surface area contributed by atoms with E-state index < -0.39 is 5.91 Å². The van der Waals surface area contributed by atoms with E-state index in [4.69, 9.17) is 14.2 Å². The molecule has 4 aromatic rings. The lowest BCUT2D eigenvalue weighted by Gasteiger charge is -2.13. The summed E-state index contributed by atoms with van der Waals surface area (Å²) in [4.78, 5) is 16.5. The number of fused-ring (bicyclic) bond motifs is 1. The van der Waals surface area contributed by atoms with Crippen LogP contribution in [-0.4, -0.2) is 30.8 Å². The number of carbonyl (C=O) groups is 1. The third kappa shape index (κ3) is 5.90. The average Bonchev–Trinajstić information content (AvgIpc) is 2.87. The summed E-state index contributed by atoms with van der Waals surface area (Å²) in [5.74, 6) is 1.28. The van der Waals surface area contributed by atoms with Crippen LogP contribution in [0.25, 0.3) is 10.9 Å². The Hall–Kier alpha value is -3.91. The number of nitrogens with one attached hydrogen (secondary N) is 1. The minimum absolute atomic E-state index is 0.188. The summed E-state index contributed by atoms with van der Waals surface area (Å²) in [7, 11) is 1.57. The quantitative estimate of drug-likeness (QED) is 0.245. The van der Waals surface area contributed by atoms with Gasteiger partial charge in [0.25, 0.3) is 5.91 Å². The van der Waals surface area contributed by atoms with Crippen molar-refractivity contribution < 1.29 is 19.0 Å². The van der Waals surface area contributed by atoms with Gasteiger partial charge in [-0.15, -0.1) is 0 Å².